The summed E-state index contributed by atoms with van der Waals surface area (Å²) in [6.45, 7) is 2.39. The Hall–Kier alpha value is -3.10. The van der Waals surface area contributed by atoms with Crippen LogP contribution in [0.1, 0.15) is 24.1 Å². The zero-order valence-corrected chi connectivity index (χ0v) is 18.3. The van der Waals surface area contributed by atoms with Crippen LogP contribution >= 0.6 is 11.8 Å². The van der Waals surface area contributed by atoms with Gasteiger partial charge in [0.05, 0.1) is 12.2 Å². The van der Waals surface area contributed by atoms with Gasteiger partial charge in [-0.15, -0.1) is 5.10 Å². The highest BCUT2D eigenvalue weighted by molar-refractivity contribution is 7.98. The fourth-order valence-electron chi connectivity index (χ4n) is 3.42. The van der Waals surface area contributed by atoms with Gasteiger partial charge in [0.1, 0.15) is 12.6 Å². The molecule has 1 aromatic heterocycles. The monoisotopic (exact) mass is 436 g/mol. The largest absolute Gasteiger partial charge is 0.460 e. The lowest BCUT2D eigenvalue weighted by atomic mass is 9.96. The first-order valence-electron chi connectivity index (χ1n) is 9.99. The van der Waals surface area contributed by atoms with Crippen LogP contribution in [-0.2, 0) is 20.0 Å². The molecule has 1 atom stereocenters. The van der Waals surface area contributed by atoms with Crippen molar-refractivity contribution in [3.8, 4) is 0 Å². The number of methoxy groups -OCH3 is 1. The average Bonchev–Trinajstić information content (AvgIpc) is 3.20. The molecule has 0 fully saturated rings. The first kappa shape index (κ1) is 21.1. The maximum absolute atomic E-state index is 13.0. The Kier molecular flexibility index (Phi) is 6.69. The van der Waals surface area contributed by atoms with Crippen molar-refractivity contribution >= 4 is 23.7 Å². The summed E-state index contributed by atoms with van der Waals surface area (Å²) in [4.78, 5) is 17.6. The fraction of sp³-hybridized carbons (Fsp3) is 0.261. The minimum atomic E-state index is -0.425. The van der Waals surface area contributed by atoms with Gasteiger partial charge in [0.2, 0.25) is 11.1 Å². The number of ether oxygens (including phenoxy) is 2. The molecule has 0 bridgehead atoms. The van der Waals surface area contributed by atoms with Gasteiger partial charge in [0, 0.05) is 18.6 Å². The van der Waals surface area contributed by atoms with E-state index in [1.165, 1.54) is 5.56 Å². The topological polar surface area (TPSA) is 78.3 Å². The SMILES string of the molecule is COCCOC(=O)C1=C(C)Nc2nc(SCc3ccccc3)nn2[C@@H]1c1ccccc1. The predicted molar refractivity (Wildman–Crippen MR) is 120 cm³/mol. The molecular formula is C23H24N4O3S. The van der Waals surface area contributed by atoms with E-state index in [-0.39, 0.29) is 6.61 Å². The third kappa shape index (κ3) is 4.81. The molecule has 1 N–H and O–H groups in total. The number of fused-ring (bicyclic) bond motifs is 1. The summed E-state index contributed by atoms with van der Waals surface area (Å²) in [7, 11) is 1.57. The van der Waals surface area contributed by atoms with E-state index in [4.69, 9.17) is 14.6 Å². The van der Waals surface area contributed by atoms with Crippen molar-refractivity contribution in [1.82, 2.24) is 14.8 Å². The number of anilines is 1. The molecule has 0 spiro atoms. The van der Waals surface area contributed by atoms with Crippen molar-refractivity contribution in [2.75, 3.05) is 25.6 Å². The Morgan fingerprint density at radius 1 is 1.10 bits per heavy atom. The van der Waals surface area contributed by atoms with Crippen LogP contribution in [0.2, 0.25) is 0 Å². The molecule has 1 aliphatic heterocycles. The number of nitrogens with one attached hydrogen (secondary N) is 1. The zero-order chi connectivity index (χ0) is 21.6. The summed E-state index contributed by atoms with van der Waals surface area (Å²) < 4.78 is 12.2. The molecule has 0 saturated carbocycles. The van der Waals surface area contributed by atoms with Gasteiger partial charge in [-0.25, -0.2) is 9.48 Å². The number of nitrogens with zero attached hydrogens (tertiary/aromatic N) is 3. The summed E-state index contributed by atoms with van der Waals surface area (Å²) in [5.41, 5.74) is 3.35. The van der Waals surface area contributed by atoms with E-state index in [1.54, 1.807) is 23.6 Å². The molecule has 1 aliphatic rings. The number of thioether (sulfide) groups is 1. The molecule has 4 rings (SSSR count). The van der Waals surface area contributed by atoms with Crippen molar-refractivity contribution in [2.45, 2.75) is 23.9 Å². The summed E-state index contributed by atoms with van der Waals surface area (Å²) in [6.07, 6.45) is 0. The zero-order valence-electron chi connectivity index (χ0n) is 17.4. The van der Waals surface area contributed by atoms with Crippen LogP contribution in [0.5, 0.6) is 0 Å². The van der Waals surface area contributed by atoms with Gasteiger partial charge in [-0.3, -0.25) is 0 Å². The maximum Gasteiger partial charge on any atom is 0.338 e. The smallest absolute Gasteiger partial charge is 0.338 e. The third-order valence-corrected chi connectivity index (χ3v) is 5.81. The van der Waals surface area contributed by atoms with Gasteiger partial charge in [-0.1, -0.05) is 72.4 Å². The first-order valence-corrected chi connectivity index (χ1v) is 11.0. The quantitative estimate of drug-likeness (QED) is 0.324. The van der Waals surface area contributed by atoms with E-state index >= 15 is 0 Å². The number of esters is 1. The van der Waals surface area contributed by atoms with E-state index in [0.717, 1.165) is 11.3 Å². The number of benzene rings is 2. The summed E-state index contributed by atoms with van der Waals surface area (Å²) >= 11 is 1.56. The molecule has 0 unspecified atom stereocenters. The second kappa shape index (κ2) is 9.80. The highest BCUT2D eigenvalue weighted by Crippen LogP contribution is 2.36. The molecule has 0 radical (unpaired) electrons. The Morgan fingerprint density at radius 3 is 2.52 bits per heavy atom. The van der Waals surface area contributed by atoms with Crippen molar-refractivity contribution in [2.24, 2.45) is 0 Å². The minimum Gasteiger partial charge on any atom is -0.460 e. The summed E-state index contributed by atoms with van der Waals surface area (Å²) in [5, 5.41) is 8.60. The number of rotatable bonds is 8. The molecular weight excluding hydrogens is 412 g/mol. The van der Waals surface area contributed by atoms with Crippen LogP contribution in [-0.4, -0.2) is 41.1 Å². The van der Waals surface area contributed by atoms with Gasteiger partial charge < -0.3 is 14.8 Å². The molecule has 2 aromatic carbocycles. The molecule has 0 aliphatic carbocycles. The lowest BCUT2D eigenvalue weighted by Gasteiger charge is -2.28. The van der Waals surface area contributed by atoms with Gasteiger partial charge in [-0.05, 0) is 18.1 Å². The molecule has 7 nitrogen and oxygen atoms in total. The Labute approximate surface area is 185 Å². The second-order valence-corrected chi connectivity index (χ2v) is 7.98. The normalized spacial score (nSPS) is 15.4. The number of hydrogen-bond donors (Lipinski definition) is 1. The van der Waals surface area contributed by atoms with Crippen LogP contribution in [0.25, 0.3) is 0 Å². The van der Waals surface area contributed by atoms with E-state index < -0.39 is 12.0 Å². The van der Waals surface area contributed by atoms with E-state index in [1.807, 2.05) is 55.5 Å². The van der Waals surface area contributed by atoms with Crippen molar-refractivity contribution in [1.29, 1.82) is 0 Å². The van der Waals surface area contributed by atoms with Gasteiger partial charge in [-0.2, -0.15) is 4.98 Å². The van der Waals surface area contributed by atoms with Gasteiger partial charge in [0.15, 0.2) is 0 Å². The summed E-state index contributed by atoms with van der Waals surface area (Å²) in [6, 6.07) is 19.6. The molecule has 160 valence electrons. The van der Waals surface area contributed by atoms with E-state index in [2.05, 4.69) is 22.4 Å². The first-order chi connectivity index (χ1) is 15.2. The van der Waals surface area contributed by atoms with Crippen LogP contribution < -0.4 is 5.32 Å². The number of hydrogen-bond acceptors (Lipinski definition) is 7. The second-order valence-electron chi connectivity index (χ2n) is 7.04. The van der Waals surface area contributed by atoms with Crippen LogP contribution in [0, 0.1) is 0 Å². The Balaban J connectivity index is 1.64. The van der Waals surface area contributed by atoms with Crippen LogP contribution in [0.3, 0.4) is 0 Å². The molecule has 0 amide bonds. The van der Waals surface area contributed by atoms with E-state index in [0.29, 0.717) is 29.0 Å². The van der Waals surface area contributed by atoms with Crippen molar-refractivity contribution < 1.29 is 14.3 Å². The Bertz CT molecular complexity index is 1070. The molecule has 8 heteroatoms. The van der Waals surface area contributed by atoms with Crippen molar-refractivity contribution in [3.63, 3.8) is 0 Å². The number of carbonyl (C=O) groups is 1. The highest BCUT2D eigenvalue weighted by Gasteiger charge is 2.35. The number of carbonyl (C=O) groups excluding carboxylic acids is 1. The predicted octanol–water partition coefficient (Wildman–Crippen LogP) is 4.05. The molecule has 31 heavy (non-hydrogen) atoms. The lowest BCUT2D eigenvalue weighted by molar-refractivity contribution is -0.140. The van der Waals surface area contributed by atoms with Crippen molar-refractivity contribution in [3.05, 3.63) is 83.1 Å². The van der Waals surface area contributed by atoms with E-state index in [9.17, 15) is 4.79 Å². The van der Waals surface area contributed by atoms with Crippen LogP contribution in [0.4, 0.5) is 5.95 Å². The molecule has 3 aromatic rings. The standard InChI is InChI=1S/C23H24N4O3S/c1-16-19(21(28)30-14-13-29-2)20(18-11-7-4-8-12-18)27-22(24-16)25-23(26-27)31-15-17-9-5-3-6-10-17/h3-12,20H,13-15H2,1-2H3,(H,24,25,26)/t20-/m1/s1. The van der Waals surface area contributed by atoms with Crippen LogP contribution in [0.15, 0.2) is 77.1 Å². The minimum absolute atomic E-state index is 0.190. The van der Waals surface area contributed by atoms with Gasteiger partial charge in [0.25, 0.3) is 0 Å². The fourth-order valence-corrected chi connectivity index (χ4v) is 4.20. The number of allylic oxidation sites excluding steroid dienone is 1. The highest BCUT2D eigenvalue weighted by atomic mass is 32.2. The van der Waals surface area contributed by atoms with Gasteiger partial charge >= 0.3 is 5.97 Å². The molecule has 2 heterocycles. The average molecular weight is 437 g/mol. The third-order valence-electron chi connectivity index (χ3n) is 4.90. The maximum atomic E-state index is 13.0. The number of aromatic nitrogens is 3. The summed E-state index contributed by atoms with van der Waals surface area (Å²) in [5.74, 6) is 0.976. The molecule has 0 saturated heterocycles. The lowest BCUT2D eigenvalue weighted by Crippen LogP contribution is -2.30. The Morgan fingerprint density at radius 2 is 1.81 bits per heavy atom.